The van der Waals surface area contributed by atoms with E-state index in [1.54, 1.807) is 24.3 Å². The summed E-state index contributed by atoms with van der Waals surface area (Å²) in [6, 6.07) is 7.14. The Morgan fingerprint density at radius 1 is 1.28 bits per heavy atom. The van der Waals surface area contributed by atoms with Crippen LogP contribution in [0.3, 0.4) is 0 Å². The molecule has 0 aliphatic heterocycles. The van der Waals surface area contributed by atoms with Crippen molar-refractivity contribution in [3.05, 3.63) is 35.1 Å². The van der Waals surface area contributed by atoms with Gasteiger partial charge in [-0.1, -0.05) is 37.2 Å². The van der Waals surface area contributed by atoms with Crippen LogP contribution in [0.1, 0.15) is 26.6 Å². The molecule has 1 N–H and O–H groups in total. The summed E-state index contributed by atoms with van der Waals surface area (Å²) in [4.78, 5) is 12.1. The van der Waals surface area contributed by atoms with E-state index < -0.39 is 0 Å². The van der Waals surface area contributed by atoms with E-state index >= 15 is 0 Å². The Labute approximate surface area is 157 Å². The fraction of sp³-hybridized carbons (Fsp3) is 0.471. The second-order valence-electron chi connectivity index (χ2n) is 6.10. The van der Waals surface area contributed by atoms with Crippen LogP contribution in [0.5, 0.6) is 5.75 Å². The van der Waals surface area contributed by atoms with E-state index in [4.69, 9.17) is 16.3 Å². The lowest BCUT2D eigenvalue weighted by atomic mass is 10.2. The average Bonchev–Trinajstić information content (AvgIpc) is 2.92. The summed E-state index contributed by atoms with van der Waals surface area (Å²) in [7, 11) is 1.86. The maximum absolute atomic E-state index is 12.1. The van der Waals surface area contributed by atoms with Crippen LogP contribution in [-0.4, -0.2) is 32.5 Å². The van der Waals surface area contributed by atoms with Crippen LogP contribution < -0.4 is 10.1 Å². The quantitative estimate of drug-likeness (QED) is 0.709. The van der Waals surface area contributed by atoms with E-state index in [1.807, 2.05) is 18.5 Å². The number of nitrogens with zero attached hydrogens (tertiary/aromatic N) is 3. The summed E-state index contributed by atoms with van der Waals surface area (Å²) in [6.07, 6.45) is 0. The van der Waals surface area contributed by atoms with Crippen molar-refractivity contribution in [1.82, 2.24) is 20.1 Å². The molecule has 0 aliphatic rings. The number of halogens is 1. The molecular formula is C17H23ClN4O2S. The van der Waals surface area contributed by atoms with E-state index in [0.717, 1.165) is 0 Å². The lowest BCUT2D eigenvalue weighted by Gasteiger charge is -2.13. The molecule has 0 unspecified atom stereocenters. The molecule has 0 saturated carbocycles. The van der Waals surface area contributed by atoms with Gasteiger partial charge in [0.15, 0.2) is 11.0 Å². The molecule has 1 heterocycles. The Balaban J connectivity index is 1.91. The third-order valence-corrected chi connectivity index (χ3v) is 4.83. The van der Waals surface area contributed by atoms with E-state index in [-0.39, 0.29) is 11.2 Å². The zero-order valence-electron chi connectivity index (χ0n) is 14.8. The summed E-state index contributed by atoms with van der Waals surface area (Å²) in [5.74, 6) is 1.82. The maximum Gasteiger partial charge on any atom is 0.233 e. The molecule has 1 amide bonds. The number of nitrogens with one attached hydrogen (secondary N) is 1. The van der Waals surface area contributed by atoms with Gasteiger partial charge in [0.1, 0.15) is 12.4 Å². The molecule has 2 aromatic rings. The van der Waals surface area contributed by atoms with Gasteiger partial charge in [-0.05, 0) is 37.1 Å². The van der Waals surface area contributed by atoms with Gasteiger partial charge < -0.3 is 14.6 Å². The van der Waals surface area contributed by atoms with Crippen molar-refractivity contribution < 1.29 is 9.53 Å². The first-order valence-corrected chi connectivity index (χ1v) is 9.33. The smallest absolute Gasteiger partial charge is 0.233 e. The Morgan fingerprint density at radius 2 is 1.96 bits per heavy atom. The van der Waals surface area contributed by atoms with E-state index in [1.165, 1.54) is 11.8 Å². The zero-order valence-corrected chi connectivity index (χ0v) is 16.4. The highest BCUT2D eigenvalue weighted by Gasteiger charge is 2.19. The molecule has 8 heteroatoms. The van der Waals surface area contributed by atoms with Crippen LogP contribution in [0, 0.1) is 5.92 Å². The number of hydrogen-bond donors (Lipinski definition) is 1. The normalized spacial score (nSPS) is 12.2. The fourth-order valence-corrected chi connectivity index (χ4v) is 2.90. The molecule has 1 atom stereocenters. The van der Waals surface area contributed by atoms with Crippen molar-refractivity contribution in [2.45, 2.75) is 37.8 Å². The number of rotatable bonds is 8. The van der Waals surface area contributed by atoms with Crippen molar-refractivity contribution in [3.8, 4) is 5.75 Å². The Kier molecular flexibility index (Phi) is 7.13. The largest absolute Gasteiger partial charge is 0.486 e. The second-order valence-corrected chi connectivity index (χ2v) is 7.84. The Bertz CT molecular complexity index is 703. The van der Waals surface area contributed by atoms with Gasteiger partial charge in [0.05, 0.1) is 5.25 Å². The lowest BCUT2D eigenvalue weighted by molar-refractivity contribution is -0.120. The summed E-state index contributed by atoms with van der Waals surface area (Å²) >= 11 is 7.23. The summed E-state index contributed by atoms with van der Waals surface area (Å²) < 4.78 is 7.53. The maximum atomic E-state index is 12.1. The standard InChI is InChI=1S/C17H23ClN4O2S/c1-11(2)9-19-16(23)12(3)25-17-21-20-15(22(17)4)10-24-14-7-5-13(18)6-8-14/h5-8,11-12H,9-10H2,1-4H3,(H,19,23)/t12-/m0/s1. The van der Waals surface area contributed by atoms with Gasteiger partial charge in [-0.15, -0.1) is 10.2 Å². The number of ether oxygens (including phenoxy) is 1. The lowest BCUT2D eigenvalue weighted by Crippen LogP contribution is -2.33. The number of aromatic nitrogens is 3. The van der Waals surface area contributed by atoms with Gasteiger partial charge in [0.2, 0.25) is 5.91 Å². The molecule has 0 fully saturated rings. The van der Waals surface area contributed by atoms with Gasteiger partial charge in [0, 0.05) is 18.6 Å². The van der Waals surface area contributed by atoms with Gasteiger partial charge >= 0.3 is 0 Å². The van der Waals surface area contributed by atoms with Crippen molar-refractivity contribution in [3.63, 3.8) is 0 Å². The summed E-state index contributed by atoms with van der Waals surface area (Å²) in [5.41, 5.74) is 0. The molecule has 2 rings (SSSR count). The van der Waals surface area contributed by atoms with Crippen LogP contribution in [-0.2, 0) is 18.4 Å². The van der Waals surface area contributed by atoms with Crippen LogP contribution in [0.15, 0.2) is 29.4 Å². The first-order chi connectivity index (χ1) is 11.9. The average molecular weight is 383 g/mol. The van der Waals surface area contributed by atoms with Gasteiger partial charge in [-0.2, -0.15) is 0 Å². The Hall–Kier alpha value is -1.73. The molecule has 136 valence electrons. The number of benzene rings is 1. The number of amides is 1. The molecule has 0 bridgehead atoms. The third-order valence-electron chi connectivity index (χ3n) is 3.44. The predicted molar refractivity (Wildman–Crippen MR) is 100.0 cm³/mol. The minimum Gasteiger partial charge on any atom is -0.486 e. The van der Waals surface area contributed by atoms with Crippen LogP contribution in [0.2, 0.25) is 5.02 Å². The van der Waals surface area contributed by atoms with Crippen molar-refractivity contribution >= 4 is 29.3 Å². The van der Waals surface area contributed by atoms with Crippen molar-refractivity contribution in [2.75, 3.05) is 6.54 Å². The summed E-state index contributed by atoms with van der Waals surface area (Å²) in [5, 5.41) is 12.3. The van der Waals surface area contributed by atoms with Crippen LogP contribution >= 0.6 is 23.4 Å². The minimum atomic E-state index is -0.244. The SMILES string of the molecule is CC(C)CNC(=O)[C@H](C)Sc1nnc(COc2ccc(Cl)cc2)n1C. The predicted octanol–water partition coefficient (Wildman–Crippen LogP) is 3.30. The highest BCUT2D eigenvalue weighted by Crippen LogP contribution is 2.22. The monoisotopic (exact) mass is 382 g/mol. The molecule has 25 heavy (non-hydrogen) atoms. The number of thioether (sulfide) groups is 1. The minimum absolute atomic E-state index is 0.000615. The third kappa shape index (κ3) is 5.93. The molecule has 0 saturated heterocycles. The number of carbonyl (C=O) groups is 1. The van der Waals surface area contributed by atoms with Crippen LogP contribution in [0.25, 0.3) is 0 Å². The van der Waals surface area contributed by atoms with Gasteiger partial charge in [0.25, 0.3) is 0 Å². The van der Waals surface area contributed by atoms with E-state index in [0.29, 0.717) is 40.8 Å². The highest BCUT2D eigenvalue weighted by atomic mass is 35.5. The number of hydrogen-bond acceptors (Lipinski definition) is 5. The molecule has 0 radical (unpaired) electrons. The summed E-state index contributed by atoms with van der Waals surface area (Å²) in [6.45, 7) is 6.95. The van der Waals surface area contributed by atoms with Gasteiger partial charge in [-0.3, -0.25) is 4.79 Å². The van der Waals surface area contributed by atoms with Crippen molar-refractivity contribution in [1.29, 1.82) is 0 Å². The van der Waals surface area contributed by atoms with Crippen molar-refractivity contribution in [2.24, 2.45) is 13.0 Å². The molecule has 0 spiro atoms. The highest BCUT2D eigenvalue weighted by molar-refractivity contribution is 8.00. The topological polar surface area (TPSA) is 69.0 Å². The van der Waals surface area contributed by atoms with Gasteiger partial charge in [-0.25, -0.2) is 0 Å². The second kappa shape index (κ2) is 9.10. The molecule has 1 aromatic carbocycles. The first-order valence-electron chi connectivity index (χ1n) is 8.07. The molecule has 0 aliphatic carbocycles. The molecule has 6 nitrogen and oxygen atoms in total. The molecular weight excluding hydrogens is 360 g/mol. The molecule has 1 aromatic heterocycles. The first kappa shape index (κ1) is 19.6. The van der Waals surface area contributed by atoms with Crippen LogP contribution in [0.4, 0.5) is 0 Å². The Morgan fingerprint density at radius 3 is 2.60 bits per heavy atom. The fourth-order valence-electron chi connectivity index (χ4n) is 1.91. The zero-order chi connectivity index (χ0) is 18.4. The van der Waals surface area contributed by atoms with E-state index in [2.05, 4.69) is 29.4 Å². The van der Waals surface area contributed by atoms with E-state index in [9.17, 15) is 4.79 Å². The number of carbonyl (C=O) groups excluding carboxylic acids is 1.